The lowest BCUT2D eigenvalue weighted by Crippen LogP contribution is -2.52. The molecule has 15 nitrogen and oxygen atoms in total. The Labute approximate surface area is 244 Å². The van der Waals surface area contributed by atoms with Crippen LogP contribution < -0.4 is 15.9 Å². The molecule has 232 valence electrons. The van der Waals surface area contributed by atoms with Gasteiger partial charge in [-0.1, -0.05) is 12.1 Å². The molecule has 1 unspecified atom stereocenters. The number of nitrogens with two attached hydrogens (primary N) is 1. The molecule has 16 heteroatoms. The van der Waals surface area contributed by atoms with Gasteiger partial charge < -0.3 is 35.2 Å². The van der Waals surface area contributed by atoms with E-state index in [-0.39, 0.29) is 43.8 Å². The molecule has 0 radical (unpaired) electrons. The number of esters is 2. The molecule has 4 N–H and O–H groups in total. The van der Waals surface area contributed by atoms with E-state index < -0.39 is 51.1 Å². The maximum Gasteiger partial charge on any atom is 0.339 e. The SMILES string of the molecule is CCOC(=O)CCN(C(=O)C(CC(=O)NC[C@H]1CN(C=NN)CCO1)NS(=O)(=O)c1ccccc1C(=O)OC)C1CC1. The van der Waals surface area contributed by atoms with Crippen LogP contribution in [-0.4, -0.2) is 113 Å². The van der Waals surface area contributed by atoms with Gasteiger partial charge >= 0.3 is 11.9 Å². The van der Waals surface area contributed by atoms with E-state index >= 15 is 0 Å². The second-order valence-electron chi connectivity index (χ2n) is 9.74. The lowest BCUT2D eigenvalue weighted by atomic mass is 10.1. The van der Waals surface area contributed by atoms with Crippen LogP contribution in [0.2, 0.25) is 0 Å². The Hall–Kier alpha value is -3.76. The highest BCUT2D eigenvalue weighted by molar-refractivity contribution is 7.89. The minimum Gasteiger partial charge on any atom is -0.466 e. The van der Waals surface area contributed by atoms with Crippen molar-refractivity contribution in [2.75, 3.05) is 46.5 Å². The fourth-order valence-corrected chi connectivity index (χ4v) is 5.85. The molecule has 0 bridgehead atoms. The first-order valence-electron chi connectivity index (χ1n) is 13.6. The maximum atomic E-state index is 13.8. The summed E-state index contributed by atoms with van der Waals surface area (Å²) in [7, 11) is -3.38. The van der Waals surface area contributed by atoms with Gasteiger partial charge in [-0.25, -0.2) is 13.2 Å². The summed E-state index contributed by atoms with van der Waals surface area (Å²) in [4.78, 5) is 53.9. The van der Waals surface area contributed by atoms with E-state index in [0.717, 1.165) is 7.11 Å². The summed E-state index contributed by atoms with van der Waals surface area (Å²) >= 11 is 0. The topological polar surface area (TPSA) is 199 Å². The minimum absolute atomic E-state index is 0.00459. The van der Waals surface area contributed by atoms with Crippen molar-refractivity contribution >= 4 is 40.1 Å². The van der Waals surface area contributed by atoms with Gasteiger partial charge in [-0.2, -0.15) is 9.82 Å². The average molecular weight is 611 g/mol. The number of rotatable bonds is 15. The van der Waals surface area contributed by atoms with E-state index in [2.05, 4.69) is 15.1 Å². The molecule has 2 atom stereocenters. The number of morpholine rings is 1. The van der Waals surface area contributed by atoms with Crippen molar-refractivity contribution in [3.05, 3.63) is 29.8 Å². The summed E-state index contributed by atoms with van der Waals surface area (Å²) in [6.07, 6.45) is 1.80. The Kier molecular flexibility index (Phi) is 12.1. The van der Waals surface area contributed by atoms with Gasteiger partial charge in [0.05, 0.1) is 49.7 Å². The fraction of sp³-hybridized carbons (Fsp3) is 0.577. The van der Waals surface area contributed by atoms with Crippen molar-refractivity contribution in [2.45, 2.75) is 55.7 Å². The number of benzene rings is 1. The Bertz CT molecular complexity index is 1250. The quantitative estimate of drug-likeness (QED) is 0.0736. The molecule has 42 heavy (non-hydrogen) atoms. The van der Waals surface area contributed by atoms with Crippen LogP contribution in [0.4, 0.5) is 0 Å². The zero-order valence-electron chi connectivity index (χ0n) is 23.7. The third-order valence-electron chi connectivity index (χ3n) is 6.63. The third kappa shape index (κ3) is 9.39. The van der Waals surface area contributed by atoms with Crippen LogP contribution in [0.3, 0.4) is 0 Å². The zero-order chi connectivity index (χ0) is 30.7. The van der Waals surface area contributed by atoms with Crippen LogP contribution in [0.1, 0.15) is 43.0 Å². The number of hydrogen-bond acceptors (Lipinski definition) is 11. The zero-order valence-corrected chi connectivity index (χ0v) is 24.5. The lowest BCUT2D eigenvalue weighted by Gasteiger charge is -2.31. The van der Waals surface area contributed by atoms with E-state index in [1.165, 1.54) is 35.5 Å². The van der Waals surface area contributed by atoms with Crippen molar-refractivity contribution in [2.24, 2.45) is 10.9 Å². The number of nitrogens with one attached hydrogen (secondary N) is 2. The van der Waals surface area contributed by atoms with Gasteiger partial charge in [0.1, 0.15) is 12.4 Å². The number of carbonyl (C=O) groups is 4. The van der Waals surface area contributed by atoms with Gasteiger partial charge in [0, 0.05) is 32.2 Å². The van der Waals surface area contributed by atoms with Crippen LogP contribution >= 0.6 is 0 Å². The molecular weight excluding hydrogens is 572 g/mol. The molecule has 2 fully saturated rings. The van der Waals surface area contributed by atoms with Crippen LogP contribution in [-0.2, 0) is 38.6 Å². The molecule has 0 spiro atoms. The number of sulfonamides is 1. The van der Waals surface area contributed by atoms with Gasteiger partial charge in [-0.05, 0) is 31.9 Å². The molecule has 1 aromatic rings. The lowest BCUT2D eigenvalue weighted by molar-refractivity contribution is -0.144. The van der Waals surface area contributed by atoms with Crippen molar-refractivity contribution in [3.8, 4) is 0 Å². The minimum atomic E-state index is -4.49. The molecule has 2 amide bonds. The third-order valence-corrected chi connectivity index (χ3v) is 8.16. The number of carbonyl (C=O) groups excluding carboxylic acids is 4. The van der Waals surface area contributed by atoms with E-state index in [1.54, 1.807) is 6.92 Å². The summed E-state index contributed by atoms with van der Waals surface area (Å²) in [6, 6.07) is 3.64. The monoisotopic (exact) mass is 610 g/mol. The average Bonchev–Trinajstić information content (AvgIpc) is 3.81. The normalized spacial score (nSPS) is 17.9. The number of hydrazone groups is 1. The van der Waals surface area contributed by atoms with E-state index in [0.29, 0.717) is 32.5 Å². The van der Waals surface area contributed by atoms with Crippen LogP contribution in [0, 0.1) is 0 Å². The first-order chi connectivity index (χ1) is 20.1. The molecule has 1 heterocycles. The highest BCUT2D eigenvalue weighted by Gasteiger charge is 2.39. The summed E-state index contributed by atoms with van der Waals surface area (Å²) in [5.41, 5.74) is -0.232. The standard InChI is InChI=1S/C26H38N6O9S/c1-3-40-24(34)10-11-32(18-8-9-18)25(35)21(14-23(33)28-15-19-16-31(17-29-27)12-13-41-19)30-42(37,38)22-7-5-4-6-20(22)26(36)39-2/h4-7,17-19,21,30H,3,8-16,27H2,1-2H3,(H,28,33)/t19-,21?/m0/s1. The van der Waals surface area contributed by atoms with Crippen molar-refractivity contribution < 1.29 is 41.8 Å². The van der Waals surface area contributed by atoms with E-state index in [1.807, 2.05) is 4.90 Å². The molecule has 0 aromatic heterocycles. The van der Waals surface area contributed by atoms with E-state index in [4.69, 9.17) is 20.1 Å². The van der Waals surface area contributed by atoms with Gasteiger partial charge in [-0.15, -0.1) is 0 Å². The molecule has 1 aliphatic heterocycles. The largest absolute Gasteiger partial charge is 0.466 e. The van der Waals surface area contributed by atoms with Crippen molar-refractivity contribution in [1.82, 2.24) is 19.8 Å². The molecule has 1 aliphatic carbocycles. The predicted octanol–water partition coefficient (Wildman–Crippen LogP) is -0.827. The Morgan fingerprint density at radius 1 is 1.26 bits per heavy atom. The van der Waals surface area contributed by atoms with Crippen LogP contribution in [0.15, 0.2) is 34.3 Å². The summed E-state index contributed by atoms with van der Waals surface area (Å²) in [5.74, 6) is 2.55. The molecule has 3 rings (SSSR count). The van der Waals surface area contributed by atoms with Crippen molar-refractivity contribution in [1.29, 1.82) is 0 Å². The summed E-state index contributed by atoms with van der Waals surface area (Å²) in [5, 5.41) is 6.19. The first-order valence-corrected chi connectivity index (χ1v) is 15.1. The molecule has 1 aromatic carbocycles. The number of amides is 2. The Morgan fingerprint density at radius 2 is 2.00 bits per heavy atom. The van der Waals surface area contributed by atoms with Crippen LogP contribution in [0.5, 0.6) is 0 Å². The molecular formula is C26H38N6O9S. The number of ether oxygens (including phenoxy) is 3. The fourth-order valence-electron chi connectivity index (χ4n) is 4.46. The Morgan fingerprint density at radius 3 is 2.67 bits per heavy atom. The maximum absolute atomic E-state index is 13.8. The highest BCUT2D eigenvalue weighted by atomic mass is 32.2. The van der Waals surface area contributed by atoms with Gasteiger partial charge in [0.2, 0.25) is 21.8 Å². The number of hydrogen-bond donors (Lipinski definition) is 3. The number of nitrogens with zero attached hydrogens (tertiary/aromatic N) is 3. The summed E-state index contributed by atoms with van der Waals surface area (Å²) in [6.45, 7) is 3.34. The smallest absolute Gasteiger partial charge is 0.339 e. The molecule has 1 saturated carbocycles. The molecule has 2 aliphatic rings. The Balaban J connectivity index is 1.80. The highest BCUT2D eigenvalue weighted by Crippen LogP contribution is 2.28. The molecule has 1 saturated heterocycles. The van der Waals surface area contributed by atoms with Crippen LogP contribution in [0.25, 0.3) is 0 Å². The predicted molar refractivity (Wildman–Crippen MR) is 149 cm³/mol. The van der Waals surface area contributed by atoms with Crippen molar-refractivity contribution in [3.63, 3.8) is 0 Å². The van der Waals surface area contributed by atoms with Gasteiger partial charge in [0.25, 0.3) is 0 Å². The second-order valence-corrected chi connectivity index (χ2v) is 11.4. The second kappa shape index (κ2) is 15.5. The van der Waals surface area contributed by atoms with Gasteiger partial charge in [0.15, 0.2) is 0 Å². The number of methoxy groups -OCH3 is 1. The van der Waals surface area contributed by atoms with Gasteiger partial charge in [-0.3, -0.25) is 14.4 Å². The summed E-state index contributed by atoms with van der Waals surface area (Å²) < 4.78 is 44.6. The first kappa shape index (κ1) is 32.8. The van der Waals surface area contributed by atoms with E-state index in [9.17, 15) is 27.6 Å².